The van der Waals surface area contributed by atoms with Crippen LogP contribution < -0.4 is 4.74 Å². The van der Waals surface area contributed by atoms with Crippen LogP contribution in [0, 0.1) is 5.92 Å². The summed E-state index contributed by atoms with van der Waals surface area (Å²) in [5.74, 6) is 1.81. The third kappa shape index (κ3) is 4.73. The van der Waals surface area contributed by atoms with Crippen molar-refractivity contribution in [3.63, 3.8) is 0 Å². The Morgan fingerprint density at radius 3 is 2.48 bits per heavy atom. The summed E-state index contributed by atoms with van der Waals surface area (Å²) in [6.45, 7) is 5.67. The molecule has 2 rings (SSSR count). The van der Waals surface area contributed by atoms with Crippen molar-refractivity contribution < 1.29 is 9.53 Å². The molecule has 1 saturated carbocycles. The van der Waals surface area contributed by atoms with E-state index in [1.807, 2.05) is 12.1 Å². The quantitative estimate of drug-likeness (QED) is 0.406. The van der Waals surface area contributed by atoms with E-state index in [0.717, 1.165) is 5.92 Å². The summed E-state index contributed by atoms with van der Waals surface area (Å²) in [6, 6.07) is 7.98. The van der Waals surface area contributed by atoms with E-state index in [1.54, 1.807) is 0 Å². The summed E-state index contributed by atoms with van der Waals surface area (Å²) in [4.78, 5) is 11.1. The number of benzene rings is 1. The Balaban J connectivity index is 1.86. The monoisotopic (exact) mass is 286 g/mol. The third-order valence-electron chi connectivity index (χ3n) is 4.55. The van der Waals surface area contributed by atoms with Crippen molar-refractivity contribution in [1.82, 2.24) is 0 Å². The normalized spacial score (nSPS) is 21.8. The van der Waals surface area contributed by atoms with Crippen molar-refractivity contribution in [3.8, 4) is 5.75 Å². The van der Waals surface area contributed by atoms with Gasteiger partial charge in [0.25, 0.3) is 0 Å². The number of unbranched alkanes of at least 4 members (excludes halogenated alkanes) is 1. The van der Waals surface area contributed by atoms with E-state index in [0.29, 0.717) is 11.7 Å². The Morgan fingerprint density at radius 2 is 1.90 bits per heavy atom. The van der Waals surface area contributed by atoms with Crippen LogP contribution in [0.1, 0.15) is 63.4 Å². The number of ether oxygens (including phenoxy) is 1. The molecule has 2 heteroatoms. The van der Waals surface area contributed by atoms with Crippen LogP contribution in [0.4, 0.5) is 0 Å². The summed E-state index contributed by atoms with van der Waals surface area (Å²) in [7, 11) is 0. The van der Waals surface area contributed by atoms with E-state index in [9.17, 15) is 4.79 Å². The molecule has 0 saturated heterocycles. The molecule has 0 radical (unpaired) electrons. The van der Waals surface area contributed by atoms with Gasteiger partial charge < -0.3 is 4.74 Å². The zero-order valence-electron chi connectivity index (χ0n) is 13.0. The average molecular weight is 286 g/mol. The van der Waals surface area contributed by atoms with Crippen molar-refractivity contribution in [1.29, 1.82) is 0 Å². The molecule has 0 unspecified atom stereocenters. The summed E-state index contributed by atoms with van der Waals surface area (Å²) >= 11 is 0. The van der Waals surface area contributed by atoms with Crippen molar-refractivity contribution in [3.05, 3.63) is 42.5 Å². The molecule has 0 aliphatic heterocycles. The highest BCUT2D eigenvalue weighted by molar-refractivity contribution is 5.83. The minimum atomic E-state index is -0.404. The molecule has 0 N–H and O–H groups in total. The molecule has 1 aromatic carbocycles. The molecule has 0 heterocycles. The van der Waals surface area contributed by atoms with Gasteiger partial charge in [0.2, 0.25) is 0 Å². The Hall–Kier alpha value is -1.57. The molecule has 114 valence electrons. The van der Waals surface area contributed by atoms with Gasteiger partial charge in [-0.1, -0.05) is 44.9 Å². The van der Waals surface area contributed by atoms with E-state index in [1.165, 1.54) is 56.6 Å². The predicted molar refractivity (Wildman–Crippen MR) is 86.5 cm³/mol. The van der Waals surface area contributed by atoms with E-state index < -0.39 is 5.97 Å². The first-order valence-electron chi connectivity index (χ1n) is 8.17. The SMILES string of the molecule is C=CC(=O)Oc1ccc(C2CCC(CCCC)CC2)cc1. The van der Waals surface area contributed by atoms with Gasteiger partial charge in [0.1, 0.15) is 5.75 Å². The number of hydrogen-bond donors (Lipinski definition) is 0. The maximum absolute atomic E-state index is 11.1. The second-order valence-corrected chi connectivity index (χ2v) is 6.05. The predicted octanol–water partition coefficient (Wildman–Crippen LogP) is 5.24. The Labute approximate surface area is 128 Å². The van der Waals surface area contributed by atoms with Crippen LogP contribution in [0.25, 0.3) is 0 Å². The zero-order valence-corrected chi connectivity index (χ0v) is 13.0. The standard InChI is InChI=1S/C19H26O2/c1-3-5-6-15-7-9-16(10-8-15)17-11-13-18(14-12-17)21-19(20)4-2/h4,11-16H,2-3,5-10H2,1H3. The van der Waals surface area contributed by atoms with Gasteiger partial charge in [0.15, 0.2) is 0 Å². The first-order chi connectivity index (χ1) is 10.2. The lowest BCUT2D eigenvalue weighted by Gasteiger charge is -2.28. The fourth-order valence-electron chi connectivity index (χ4n) is 3.24. The molecule has 0 bridgehead atoms. The lowest BCUT2D eigenvalue weighted by Crippen LogP contribution is -2.13. The maximum Gasteiger partial charge on any atom is 0.335 e. The van der Waals surface area contributed by atoms with Gasteiger partial charge in [0.05, 0.1) is 0 Å². The van der Waals surface area contributed by atoms with Crippen LogP contribution >= 0.6 is 0 Å². The maximum atomic E-state index is 11.1. The fourth-order valence-corrected chi connectivity index (χ4v) is 3.24. The van der Waals surface area contributed by atoms with E-state index >= 15 is 0 Å². The lowest BCUT2D eigenvalue weighted by molar-refractivity contribution is -0.128. The molecular weight excluding hydrogens is 260 g/mol. The van der Waals surface area contributed by atoms with E-state index in [-0.39, 0.29) is 0 Å². The van der Waals surface area contributed by atoms with Gasteiger partial charge in [-0.15, -0.1) is 0 Å². The molecule has 21 heavy (non-hydrogen) atoms. The summed E-state index contributed by atoms with van der Waals surface area (Å²) in [6.07, 6.45) is 10.6. The molecule has 0 spiro atoms. The first kappa shape index (κ1) is 15.8. The molecule has 0 atom stereocenters. The Kier molecular flexibility index (Phi) is 6.04. The summed E-state index contributed by atoms with van der Waals surface area (Å²) in [5, 5.41) is 0. The molecule has 1 fully saturated rings. The number of hydrogen-bond acceptors (Lipinski definition) is 2. The van der Waals surface area contributed by atoms with Crippen LogP contribution in [-0.4, -0.2) is 5.97 Å². The zero-order chi connectivity index (χ0) is 15.1. The average Bonchev–Trinajstić information content (AvgIpc) is 2.54. The van der Waals surface area contributed by atoms with Gasteiger partial charge in [-0.2, -0.15) is 0 Å². The molecule has 0 aromatic heterocycles. The van der Waals surface area contributed by atoms with Crippen LogP contribution in [0.2, 0.25) is 0 Å². The minimum Gasteiger partial charge on any atom is -0.423 e. The largest absolute Gasteiger partial charge is 0.423 e. The number of rotatable bonds is 6. The van der Waals surface area contributed by atoms with Gasteiger partial charge in [-0.05, 0) is 55.2 Å². The fraction of sp³-hybridized carbons (Fsp3) is 0.526. The number of carbonyl (C=O) groups is 1. The highest BCUT2D eigenvalue weighted by Crippen LogP contribution is 2.38. The Bertz CT molecular complexity index is 453. The second kappa shape index (κ2) is 8.02. The molecule has 1 aliphatic rings. The van der Waals surface area contributed by atoms with Crippen LogP contribution in [0.15, 0.2) is 36.9 Å². The summed E-state index contributed by atoms with van der Waals surface area (Å²) in [5.41, 5.74) is 1.38. The second-order valence-electron chi connectivity index (χ2n) is 6.05. The number of carbonyl (C=O) groups excluding carboxylic acids is 1. The third-order valence-corrected chi connectivity index (χ3v) is 4.55. The molecule has 2 nitrogen and oxygen atoms in total. The topological polar surface area (TPSA) is 26.3 Å². The van der Waals surface area contributed by atoms with Crippen molar-refractivity contribution >= 4 is 5.97 Å². The van der Waals surface area contributed by atoms with Crippen LogP contribution in [-0.2, 0) is 4.79 Å². The highest BCUT2D eigenvalue weighted by atomic mass is 16.5. The van der Waals surface area contributed by atoms with Crippen molar-refractivity contribution in [2.45, 2.75) is 57.8 Å². The Morgan fingerprint density at radius 1 is 1.24 bits per heavy atom. The molecular formula is C19H26O2. The lowest BCUT2D eigenvalue weighted by atomic mass is 9.77. The molecule has 0 amide bonds. The highest BCUT2D eigenvalue weighted by Gasteiger charge is 2.21. The van der Waals surface area contributed by atoms with E-state index in [4.69, 9.17) is 4.74 Å². The molecule has 1 aliphatic carbocycles. The summed E-state index contributed by atoms with van der Waals surface area (Å²) < 4.78 is 5.11. The molecule has 1 aromatic rings. The minimum absolute atomic E-state index is 0.404. The van der Waals surface area contributed by atoms with E-state index in [2.05, 4.69) is 25.6 Å². The number of esters is 1. The van der Waals surface area contributed by atoms with Gasteiger partial charge >= 0.3 is 5.97 Å². The van der Waals surface area contributed by atoms with Crippen LogP contribution in [0.5, 0.6) is 5.75 Å². The van der Waals surface area contributed by atoms with Gasteiger partial charge in [-0.25, -0.2) is 4.79 Å². The van der Waals surface area contributed by atoms with Gasteiger partial charge in [-0.3, -0.25) is 0 Å². The van der Waals surface area contributed by atoms with Crippen molar-refractivity contribution in [2.24, 2.45) is 5.92 Å². The smallest absolute Gasteiger partial charge is 0.335 e. The van der Waals surface area contributed by atoms with Crippen molar-refractivity contribution in [2.75, 3.05) is 0 Å². The first-order valence-corrected chi connectivity index (χ1v) is 8.17. The van der Waals surface area contributed by atoms with Crippen LogP contribution in [0.3, 0.4) is 0 Å². The van der Waals surface area contributed by atoms with Gasteiger partial charge in [0, 0.05) is 6.08 Å².